The first-order valence-electron chi connectivity index (χ1n) is 9.84. The van der Waals surface area contributed by atoms with Gasteiger partial charge in [0.05, 0.1) is 18.8 Å². The van der Waals surface area contributed by atoms with Crippen molar-refractivity contribution >= 4 is 53.1 Å². The van der Waals surface area contributed by atoms with Gasteiger partial charge in [0.1, 0.15) is 0 Å². The summed E-state index contributed by atoms with van der Waals surface area (Å²) in [7, 11) is 1.89. The lowest BCUT2D eigenvalue weighted by atomic mass is 10.2. The number of benzene rings is 1. The lowest BCUT2D eigenvalue weighted by molar-refractivity contribution is -0.130. The number of carbonyl (C=O) groups excluding carboxylic acids is 1. The standard InChI is InChI=1S/C20H28ClN7O.HI/c1-3-22-20(23-14-18-8-9-25-26(18)2)24-15-19(29)28-12-10-27(11-13-28)17-6-4-16(21)5-7-17;/h4-9H,3,10-15H2,1-2H3,(H2,22,23,24);1H. The van der Waals surface area contributed by atoms with Crippen LogP contribution < -0.4 is 15.5 Å². The van der Waals surface area contributed by atoms with Crippen molar-refractivity contribution in [1.29, 1.82) is 0 Å². The quantitative estimate of drug-likeness (QED) is 0.330. The third kappa shape index (κ3) is 6.76. The molecule has 2 N–H and O–H groups in total. The molecule has 1 aliphatic heterocycles. The number of guanidine groups is 1. The van der Waals surface area contributed by atoms with Crippen molar-refractivity contribution in [3.63, 3.8) is 0 Å². The zero-order valence-electron chi connectivity index (χ0n) is 17.3. The average Bonchev–Trinajstić information content (AvgIpc) is 3.15. The molecule has 2 heterocycles. The normalized spacial score (nSPS) is 14.3. The summed E-state index contributed by atoms with van der Waals surface area (Å²) in [6, 6.07) is 9.75. The Labute approximate surface area is 199 Å². The van der Waals surface area contributed by atoms with Crippen molar-refractivity contribution in [2.45, 2.75) is 13.5 Å². The first-order chi connectivity index (χ1) is 14.1. The number of hydrogen-bond donors (Lipinski definition) is 2. The van der Waals surface area contributed by atoms with E-state index in [0.717, 1.165) is 36.0 Å². The minimum Gasteiger partial charge on any atom is -0.368 e. The summed E-state index contributed by atoms with van der Waals surface area (Å²) in [6.45, 7) is 6.46. The number of nitrogens with zero attached hydrogens (tertiary/aromatic N) is 5. The third-order valence-electron chi connectivity index (χ3n) is 4.90. The highest BCUT2D eigenvalue weighted by atomic mass is 127. The third-order valence-corrected chi connectivity index (χ3v) is 5.15. The van der Waals surface area contributed by atoms with Crippen LogP contribution in [0, 0.1) is 0 Å². The van der Waals surface area contributed by atoms with Crippen LogP contribution >= 0.6 is 35.6 Å². The fourth-order valence-corrected chi connectivity index (χ4v) is 3.32. The molecular weight excluding hydrogens is 517 g/mol. The van der Waals surface area contributed by atoms with Crippen molar-refractivity contribution in [3.05, 3.63) is 47.2 Å². The van der Waals surface area contributed by atoms with Gasteiger partial charge < -0.3 is 20.4 Å². The molecule has 1 saturated heterocycles. The molecule has 0 saturated carbocycles. The Kier molecular flexibility index (Phi) is 9.70. The topological polar surface area (TPSA) is 77.8 Å². The van der Waals surface area contributed by atoms with E-state index < -0.39 is 0 Å². The molecular formula is C20H29ClIN7O. The number of halogens is 2. The second-order valence-electron chi connectivity index (χ2n) is 6.84. The maximum Gasteiger partial charge on any atom is 0.242 e. The first kappa shape index (κ1) is 24.3. The molecule has 0 aliphatic carbocycles. The highest BCUT2D eigenvalue weighted by Crippen LogP contribution is 2.19. The number of nitrogens with one attached hydrogen (secondary N) is 2. The molecule has 0 bridgehead atoms. The van der Waals surface area contributed by atoms with E-state index in [1.54, 1.807) is 10.9 Å². The SMILES string of the molecule is CCNC(=NCc1ccnn1C)NCC(=O)N1CCN(c2ccc(Cl)cc2)CC1.I. The number of hydrogen-bond acceptors (Lipinski definition) is 4. The first-order valence-corrected chi connectivity index (χ1v) is 10.2. The molecule has 30 heavy (non-hydrogen) atoms. The molecule has 164 valence electrons. The van der Waals surface area contributed by atoms with E-state index in [1.807, 2.05) is 49.2 Å². The van der Waals surface area contributed by atoms with Crippen molar-refractivity contribution < 1.29 is 4.79 Å². The van der Waals surface area contributed by atoms with Crippen LogP contribution in [0.1, 0.15) is 12.6 Å². The van der Waals surface area contributed by atoms with Gasteiger partial charge in [-0.1, -0.05) is 11.6 Å². The van der Waals surface area contributed by atoms with Crippen molar-refractivity contribution in [3.8, 4) is 0 Å². The molecule has 0 atom stereocenters. The van der Waals surface area contributed by atoms with Crippen LogP contribution in [0.3, 0.4) is 0 Å². The van der Waals surface area contributed by atoms with E-state index in [9.17, 15) is 4.79 Å². The number of piperazine rings is 1. The van der Waals surface area contributed by atoms with E-state index in [-0.39, 0.29) is 36.4 Å². The lowest BCUT2D eigenvalue weighted by Gasteiger charge is -2.36. The molecule has 8 nitrogen and oxygen atoms in total. The number of aryl methyl sites for hydroxylation is 1. The zero-order valence-corrected chi connectivity index (χ0v) is 20.4. The number of anilines is 1. The van der Waals surface area contributed by atoms with Gasteiger partial charge >= 0.3 is 0 Å². The Morgan fingerprint density at radius 3 is 2.43 bits per heavy atom. The maximum absolute atomic E-state index is 12.6. The molecule has 0 radical (unpaired) electrons. The van der Waals surface area contributed by atoms with Crippen LogP contribution in [0.4, 0.5) is 5.69 Å². The van der Waals surface area contributed by atoms with Gasteiger partial charge in [0.2, 0.25) is 5.91 Å². The molecule has 1 aromatic carbocycles. The molecule has 0 unspecified atom stereocenters. The van der Waals surface area contributed by atoms with Crippen LogP contribution in [0.25, 0.3) is 0 Å². The van der Waals surface area contributed by atoms with Crippen molar-refractivity contribution in [1.82, 2.24) is 25.3 Å². The van der Waals surface area contributed by atoms with Crippen LogP contribution in [-0.2, 0) is 18.4 Å². The molecule has 0 spiro atoms. The smallest absolute Gasteiger partial charge is 0.242 e. The number of amides is 1. The van der Waals surface area contributed by atoms with E-state index in [1.165, 1.54) is 0 Å². The largest absolute Gasteiger partial charge is 0.368 e. The van der Waals surface area contributed by atoms with E-state index in [2.05, 4.69) is 25.6 Å². The maximum atomic E-state index is 12.6. The fourth-order valence-electron chi connectivity index (χ4n) is 3.20. The Hall–Kier alpha value is -2.01. The zero-order chi connectivity index (χ0) is 20.6. The van der Waals surface area contributed by atoms with Crippen LogP contribution in [-0.4, -0.2) is 65.8 Å². The summed E-state index contributed by atoms with van der Waals surface area (Å²) in [5.74, 6) is 0.703. The highest BCUT2D eigenvalue weighted by molar-refractivity contribution is 14.0. The van der Waals surface area contributed by atoms with Crippen LogP contribution in [0.5, 0.6) is 0 Å². The van der Waals surface area contributed by atoms with Crippen LogP contribution in [0.15, 0.2) is 41.5 Å². The van der Waals surface area contributed by atoms with Gasteiger partial charge in [-0.05, 0) is 37.3 Å². The van der Waals surface area contributed by atoms with Gasteiger partial charge in [-0.15, -0.1) is 24.0 Å². The molecule has 1 amide bonds. The Morgan fingerprint density at radius 1 is 1.13 bits per heavy atom. The summed E-state index contributed by atoms with van der Waals surface area (Å²) in [4.78, 5) is 21.3. The monoisotopic (exact) mass is 545 g/mol. The Morgan fingerprint density at radius 2 is 1.83 bits per heavy atom. The predicted octanol–water partition coefficient (Wildman–Crippen LogP) is 2.10. The summed E-state index contributed by atoms with van der Waals surface area (Å²) in [5.41, 5.74) is 2.14. The van der Waals surface area contributed by atoms with Gasteiger partial charge in [-0.3, -0.25) is 9.48 Å². The molecule has 1 aromatic heterocycles. The van der Waals surface area contributed by atoms with Gasteiger partial charge in [0, 0.05) is 56.7 Å². The van der Waals surface area contributed by atoms with E-state index >= 15 is 0 Å². The highest BCUT2D eigenvalue weighted by Gasteiger charge is 2.21. The summed E-state index contributed by atoms with van der Waals surface area (Å²) < 4.78 is 1.79. The predicted molar refractivity (Wildman–Crippen MR) is 132 cm³/mol. The number of aromatic nitrogens is 2. The summed E-state index contributed by atoms with van der Waals surface area (Å²) in [6.07, 6.45) is 1.75. The number of rotatable bonds is 6. The number of carbonyl (C=O) groups is 1. The second kappa shape index (κ2) is 12.0. The molecule has 1 aliphatic rings. The lowest BCUT2D eigenvalue weighted by Crippen LogP contribution is -2.52. The van der Waals surface area contributed by atoms with Gasteiger partial charge in [-0.25, -0.2) is 4.99 Å². The van der Waals surface area contributed by atoms with Gasteiger partial charge in [0.15, 0.2) is 5.96 Å². The average molecular weight is 546 g/mol. The molecule has 2 aromatic rings. The van der Waals surface area contributed by atoms with Gasteiger partial charge in [0.25, 0.3) is 0 Å². The second-order valence-corrected chi connectivity index (χ2v) is 7.28. The summed E-state index contributed by atoms with van der Waals surface area (Å²) in [5, 5.41) is 11.2. The minimum absolute atomic E-state index is 0. The molecule has 10 heteroatoms. The van der Waals surface area contributed by atoms with Crippen molar-refractivity contribution in [2.75, 3.05) is 44.2 Å². The van der Waals surface area contributed by atoms with E-state index in [0.29, 0.717) is 25.6 Å². The van der Waals surface area contributed by atoms with Crippen molar-refractivity contribution in [2.24, 2.45) is 12.0 Å². The minimum atomic E-state index is 0. The molecule has 1 fully saturated rings. The van der Waals surface area contributed by atoms with E-state index in [4.69, 9.17) is 11.6 Å². The Bertz CT molecular complexity index is 832. The summed E-state index contributed by atoms with van der Waals surface area (Å²) >= 11 is 5.96. The van der Waals surface area contributed by atoms with Gasteiger partial charge in [-0.2, -0.15) is 5.10 Å². The van der Waals surface area contributed by atoms with Crippen LogP contribution in [0.2, 0.25) is 5.02 Å². The molecule has 3 rings (SSSR count). The fraction of sp³-hybridized carbons (Fsp3) is 0.450. The Balaban J connectivity index is 0.00000320. The number of aliphatic imine (C=N–C) groups is 1.